The molecule has 1 saturated heterocycles. The number of fused-ring (bicyclic) bond motifs is 1. The molecule has 29 heavy (non-hydrogen) atoms. The van der Waals surface area contributed by atoms with E-state index in [1.165, 1.54) is 18.0 Å². The molecule has 2 aromatic heterocycles. The van der Waals surface area contributed by atoms with Crippen molar-refractivity contribution in [3.63, 3.8) is 0 Å². The van der Waals surface area contributed by atoms with Crippen LogP contribution >= 0.6 is 11.6 Å². The highest BCUT2D eigenvalue weighted by Crippen LogP contribution is 2.30. The maximum absolute atomic E-state index is 13.1. The van der Waals surface area contributed by atoms with Crippen molar-refractivity contribution < 1.29 is 0 Å². The van der Waals surface area contributed by atoms with Crippen molar-refractivity contribution in [3.05, 3.63) is 61.8 Å². The van der Waals surface area contributed by atoms with E-state index in [0.717, 1.165) is 37.3 Å². The maximum atomic E-state index is 13.1. The standard InChI is InChI=1S/C22H27ClN4O2/c1-4-15-8-7-11-26(13-15)19-12-18-20(21(28)25(3)22(29)24(18)2)27(19)14-16-9-5-6-10-17(16)23/h5-6,9-10,12,15H,4,7-8,11,13-14H2,1-3H3. The fraction of sp³-hybridized carbons (Fsp3) is 0.455. The predicted octanol–water partition coefficient (Wildman–Crippen LogP) is 3.37. The van der Waals surface area contributed by atoms with Crippen molar-refractivity contribution >= 4 is 28.5 Å². The molecule has 3 heterocycles. The molecule has 0 amide bonds. The van der Waals surface area contributed by atoms with Crippen LogP contribution in [0.25, 0.3) is 11.0 Å². The Morgan fingerprint density at radius 3 is 2.62 bits per heavy atom. The van der Waals surface area contributed by atoms with Gasteiger partial charge in [-0.1, -0.05) is 43.1 Å². The van der Waals surface area contributed by atoms with Gasteiger partial charge in [0.25, 0.3) is 5.56 Å². The number of halogens is 1. The number of anilines is 1. The molecule has 1 aromatic carbocycles. The predicted molar refractivity (Wildman–Crippen MR) is 118 cm³/mol. The van der Waals surface area contributed by atoms with E-state index in [-0.39, 0.29) is 11.2 Å². The van der Waals surface area contributed by atoms with Crippen LogP contribution in [0.1, 0.15) is 31.7 Å². The first-order chi connectivity index (χ1) is 13.9. The van der Waals surface area contributed by atoms with E-state index < -0.39 is 0 Å². The first-order valence-electron chi connectivity index (χ1n) is 10.2. The van der Waals surface area contributed by atoms with Gasteiger partial charge in [-0.25, -0.2) is 4.79 Å². The van der Waals surface area contributed by atoms with Gasteiger partial charge in [-0.2, -0.15) is 0 Å². The van der Waals surface area contributed by atoms with Gasteiger partial charge in [0.2, 0.25) is 0 Å². The molecule has 3 aromatic rings. The summed E-state index contributed by atoms with van der Waals surface area (Å²) in [5.74, 6) is 1.62. The number of aryl methyl sites for hydroxylation is 1. The van der Waals surface area contributed by atoms with E-state index in [4.69, 9.17) is 11.6 Å². The van der Waals surface area contributed by atoms with Gasteiger partial charge in [0, 0.05) is 38.3 Å². The third kappa shape index (κ3) is 3.39. The topological polar surface area (TPSA) is 52.2 Å². The summed E-state index contributed by atoms with van der Waals surface area (Å²) in [6, 6.07) is 9.70. The number of hydrogen-bond donors (Lipinski definition) is 0. The minimum Gasteiger partial charge on any atom is -0.358 e. The number of nitrogens with zero attached hydrogens (tertiary/aromatic N) is 4. The highest BCUT2D eigenvalue weighted by Gasteiger charge is 2.25. The molecule has 1 fully saturated rings. The smallest absolute Gasteiger partial charge is 0.331 e. The zero-order chi connectivity index (χ0) is 20.7. The molecule has 7 heteroatoms. The van der Waals surface area contributed by atoms with Crippen LogP contribution in [0.2, 0.25) is 5.02 Å². The summed E-state index contributed by atoms with van der Waals surface area (Å²) in [7, 11) is 3.25. The van der Waals surface area contributed by atoms with Crippen molar-refractivity contribution in [3.8, 4) is 0 Å². The van der Waals surface area contributed by atoms with E-state index >= 15 is 0 Å². The second kappa shape index (κ2) is 7.75. The van der Waals surface area contributed by atoms with Gasteiger partial charge >= 0.3 is 5.69 Å². The van der Waals surface area contributed by atoms with Crippen LogP contribution in [0.15, 0.2) is 39.9 Å². The van der Waals surface area contributed by atoms with Crippen LogP contribution < -0.4 is 16.1 Å². The zero-order valence-electron chi connectivity index (χ0n) is 17.2. The molecular formula is C22H27ClN4O2. The fourth-order valence-corrected chi connectivity index (χ4v) is 4.60. The van der Waals surface area contributed by atoms with Gasteiger partial charge < -0.3 is 9.47 Å². The molecule has 0 spiro atoms. The monoisotopic (exact) mass is 414 g/mol. The van der Waals surface area contributed by atoms with E-state index in [0.29, 0.717) is 28.5 Å². The Balaban J connectivity index is 1.95. The molecule has 1 aliphatic rings. The lowest BCUT2D eigenvalue weighted by atomic mass is 9.96. The number of hydrogen-bond acceptors (Lipinski definition) is 3. The molecule has 1 unspecified atom stereocenters. The first kappa shape index (κ1) is 19.8. The fourth-order valence-electron chi connectivity index (χ4n) is 4.40. The van der Waals surface area contributed by atoms with E-state index in [1.807, 2.05) is 34.9 Å². The van der Waals surface area contributed by atoms with Crippen LogP contribution in [0.3, 0.4) is 0 Å². The Morgan fingerprint density at radius 2 is 1.90 bits per heavy atom. The average Bonchev–Trinajstić information content (AvgIpc) is 3.11. The summed E-state index contributed by atoms with van der Waals surface area (Å²) in [5.41, 5.74) is 1.58. The molecule has 6 nitrogen and oxygen atoms in total. The number of piperidine rings is 1. The van der Waals surface area contributed by atoms with Crippen molar-refractivity contribution in [2.75, 3.05) is 18.0 Å². The quantitative estimate of drug-likeness (QED) is 0.657. The largest absolute Gasteiger partial charge is 0.358 e. The van der Waals surface area contributed by atoms with Gasteiger partial charge in [0.05, 0.1) is 12.1 Å². The Hall–Kier alpha value is -2.47. The second-order valence-electron chi connectivity index (χ2n) is 7.98. The summed E-state index contributed by atoms with van der Waals surface area (Å²) in [5, 5.41) is 0.673. The minimum atomic E-state index is -0.311. The Kier molecular flexibility index (Phi) is 5.30. The van der Waals surface area contributed by atoms with Gasteiger partial charge in [-0.3, -0.25) is 13.9 Å². The molecule has 0 saturated carbocycles. The molecule has 4 rings (SSSR count). The Labute approximate surface area is 174 Å². The van der Waals surface area contributed by atoms with Gasteiger partial charge in [0.1, 0.15) is 11.3 Å². The van der Waals surface area contributed by atoms with Crippen molar-refractivity contribution in [2.24, 2.45) is 20.0 Å². The molecule has 0 bridgehead atoms. The van der Waals surface area contributed by atoms with Gasteiger partial charge in [-0.15, -0.1) is 0 Å². The Bertz CT molecular complexity index is 1170. The molecular weight excluding hydrogens is 388 g/mol. The maximum Gasteiger partial charge on any atom is 0.331 e. The van der Waals surface area contributed by atoms with Crippen molar-refractivity contribution in [1.29, 1.82) is 0 Å². The van der Waals surface area contributed by atoms with Crippen LogP contribution in [0, 0.1) is 5.92 Å². The molecule has 0 N–H and O–H groups in total. The molecule has 0 radical (unpaired) electrons. The number of rotatable bonds is 4. The summed E-state index contributed by atoms with van der Waals surface area (Å²) in [6.45, 7) is 4.62. The zero-order valence-corrected chi connectivity index (χ0v) is 17.9. The third-order valence-corrected chi connectivity index (χ3v) is 6.57. The van der Waals surface area contributed by atoms with Crippen LogP contribution in [0.4, 0.5) is 5.82 Å². The minimum absolute atomic E-state index is 0.273. The molecule has 1 aliphatic heterocycles. The van der Waals surface area contributed by atoms with E-state index in [1.54, 1.807) is 11.6 Å². The van der Waals surface area contributed by atoms with E-state index in [9.17, 15) is 9.59 Å². The second-order valence-corrected chi connectivity index (χ2v) is 8.39. The number of aromatic nitrogens is 3. The average molecular weight is 415 g/mol. The third-order valence-electron chi connectivity index (χ3n) is 6.20. The lowest BCUT2D eigenvalue weighted by Gasteiger charge is -2.34. The van der Waals surface area contributed by atoms with Gasteiger partial charge in [0.15, 0.2) is 0 Å². The Morgan fingerprint density at radius 1 is 1.14 bits per heavy atom. The SMILES string of the molecule is CCC1CCCN(c2cc3c(c(=O)n(C)c(=O)n3C)n2Cc2ccccc2Cl)C1. The summed E-state index contributed by atoms with van der Waals surface area (Å²) >= 11 is 6.44. The normalized spacial score (nSPS) is 17.2. The lowest BCUT2D eigenvalue weighted by Crippen LogP contribution is -2.38. The highest BCUT2D eigenvalue weighted by atomic mass is 35.5. The number of benzene rings is 1. The van der Waals surface area contributed by atoms with Crippen molar-refractivity contribution in [2.45, 2.75) is 32.7 Å². The molecule has 154 valence electrons. The van der Waals surface area contributed by atoms with Crippen LogP contribution in [-0.4, -0.2) is 26.8 Å². The first-order valence-corrected chi connectivity index (χ1v) is 10.6. The van der Waals surface area contributed by atoms with Crippen LogP contribution in [-0.2, 0) is 20.6 Å². The van der Waals surface area contributed by atoms with Gasteiger partial charge in [-0.05, 0) is 30.4 Å². The van der Waals surface area contributed by atoms with Crippen LogP contribution in [0.5, 0.6) is 0 Å². The van der Waals surface area contributed by atoms with E-state index in [2.05, 4.69) is 11.8 Å². The highest BCUT2D eigenvalue weighted by molar-refractivity contribution is 6.31. The van der Waals surface area contributed by atoms with Crippen molar-refractivity contribution in [1.82, 2.24) is 13.7 Å². The summed E-state index contributed by atoms with van der Waals surface area (Å²) in [4.78, 5) is 27.9. The molecule has 1 atom stereocenters. The summed E-state index contributed by atoms with van der Waals surface area (Å²) in [6.07, 6.45) is 3.50. The molecule has 0 aliphatic carbocycles. The summed E-state index contributed by atoms with van der Waals surface area (Å²) < 4.78 is 4.78. The lowest BCUT2D eigenvalue weighted by molar-refractivity contribution is 0.401.